The van der Waals surface area contributed by atoms with Crippen molar-refractivity contribution in [1.29, 1.82) is 0 Å². The predicted molar refractivity (Wildman–Crippen MR) is 138 cm³/mol. The molecule has 168 valence electrons. The first kappa shape index (κ1) is 23.6. The number of halogens is 1. The van der Waals surface area contributed by atoms with Crippen LogP contribution in [0, 0.1) is 0 Å². The van der Waals surface area contributed by atoms with Crippen molar-refractivity contribution in [1.82, 2.24) is 10.2 Å². The van der Waals surface area contributed by atoms with E-state index < -0.39 is 0 Å². The molecule has 3 heterocycles. The quantitative estimate of drug-likeness (QED) is 0.257. The highest BCUT2D eigenvalue weighted by atomic mass is 127. The fraction of sp³-hybridized carbons (Fsp3) is 0.455. The fourth-order valence-electron chi connectivity index (χ4n) is 3.83. The van der Waals surface area contributed by atoms with Gasteiger partial charge in [-0.3, -0.25) is 9.79 Å². The SMILES string of the molecule is CCNC(=NCCCN1C(=O)COc2ccccc21)N1CCN(c2cccs2)CC1.I. The van der Waals surface area contributed by atoms with Crippen LogP contribution in [0.3, 0.4) is 0 Å². The first-order chi connectivity index (χ1) is 14.8. The van der Waals surface area contributed by atoms with Crippen molar-refractivity contribution in [2.75, 3.05) is 62.2 Å². The monoisotopic (exact) mass is 555 g/mol. The van der Waals surface area contributed by atoms with E-state index in [1.807, 2.05) is 29.2 Å². The van der Waals surface area contributed by atoms with Crippen molar-refractivity contribution in [3.63, 3.8) is 0 Å². The Morgan fingerprint density at radius 3 is 2.71 bits per heavy atom. The van der Waals surface area contributed by atoms with Gasteiger partial charge in [-0.2, -0.15) is 0 Å². The highest BCUT2D eigenvalue weighted by molar-refractivity contribution is 14.0. The van der Waals surface area contributed by atoms with Crippen LogP contribution in [0.5, 0.6) is 5.75 Å². The Morgan fingerprint density at radius 1 is 1.16 bits per heavy atom. The number of guanidine groups is 1. The van der Waals surface area contributed by atoms with Gasteiger partial charge in [-0.15, -0.1) is 35.3 Å². The number of amides is 1. The van der Waals surface area contributed by atoms with Gasteiger partial charge in [0.1, 0.15) is 5.75 Å². The summed E-state index contributed by atoms with van der Waals surface area (Å²) in [6, 6.07) is 12.0. The first-order valence-corrected chi connectivity index (χ1v) is 11.5. The molecule has 1 fully saturated rings. The van der Waals surface area contributed by atoms with Crippen molar-refractivity contribution in [3.8, 4) is 5.75 Å². The molecule has 2 aliphatic rings. The normalized spacial score (nSPS) is 16.5. The largest absolute Gasteiger partial charge is 0.482 e. The summed E-state index contributed by atoms with van der Waals surface area (Å²) >= 11 is 1.80. The number of hydrogen-bond donors (Lipinski definition) is 1. The maximum Gasteiger partial charge on any atom is 0.265 e. The second-order valence-corrected chi connectivity index (χ2v) is 8.24. The summed E-state index contributed by atoms with van der Waals surface area (Å²) in [7, 11) is 0. The van der Waals surface area contributed by atoms with Gasteiger partial charge in [0.05, 0.1) is 10.7 Å². The Kier molecular flexibility index (Phi) is 8.82. The molecule has 7 nitrogen and oxygen atoms in total. The van der Waals surface area contributed by atoms with Crippen LogP contribution in [-0.2, 0) is 4.79 Å². The zero-order valence-corrected chi connectivity index (χ0v) is 21.0. The minimum atomic E-state index is 0. The molecule has 1 N–H and O–H groups in total. The maximum absolute atomic E-state index is 12.3. The molecular weight excluding hydrogens is 525 g/mol. The topological polar surface area (TPSA) is 60.4 Å². The number of fused-ring (bicyclic) bond motifs is 1. The second-order valence-electron chi connectivity index (χ2n) is 7.32. The van der Waals surface area contributed by atoms with Crippen molar-refractivity contribution in [3.05, 3.63) is 41.8 Å². The number of nitrogens with zero attached hydrogens (tertiary/aromatic N) is 4. The molecule has 2 aliphatic heterocycles. The molecule has 2 aromatic rings. The molecule has 0 bridgehead atoms. The summed E-state index contributed by atoms with van der Waals surface area (Å²) in [5.41, 5.74) is 0.856. The minimum absolute atomic E-state index is 0. The summed E-state index contributed by atoms with van der Waals surface area (Å²) in [6.07, 6.45) is 0.810. The molecule has 0 unspecified atom stereocenters. The summed E-state index contributed by atoms with van der Waals surface area (Å²) in [5.74, 6) is 1.75. The maximum atomic E-state index is 12.3. The smallest absolute Gasteiger partial charge is 0.265 e. The van der Waals surface area contributed by atoms with Crippen molar-refractivity contribution in [2.24, 2.45) is 4.99 Å². The lowest BCUT2D eigenvalue weighted by molar-refractivity contribution is -0.121. The molecule has 0 saturated carbocycles. The van der Waals surface area contributed by atoms with Gasteiger partial charge >= 0.3 is 0 Å². The predicted octanol–water partition coefficient (Wildman–Crippen LogP) is 3.27. The van der Waals surface area contributed by atoms with E-state index in [4.69, 9.17) is 9.73 Å². The van der Waals surface area contributed by atoms with Gasteiger partial charge in [-0.25, -0.2) is 0 Å². The zero-order valence-electron chi connectivity index (χ0n) is 17.8. The fourth-order valence-corrected chi connectivity index (χ4v) is 4.61. The van der Waals surface area contributed by atoms with Gasteiger partial charge in [0.25, 0.3) is 5.91 Å². The van der Waals surface area contributed by atoms with Gasteiger partial charge < -0.3 is 24.8 Å². The lowest BCUT2D eigenvalue weighted by Gasteiger charge is -2.37. The summed E-state index contributed by atoms with van der Waals surface area (Å²) in [4.78, 5) is 23.7. The van der Waals surface area contributed by atoms with E-state index in [1.54, 1.807) is 11.3 Å². The minimum Gasteiger partial charge on any atom is -0.482 e. The Balaban J connectivity index is 0.00000272. The molecule has 0 radical (unpaired) electrons. The molecule has 31 heavy (non-hydrogen) atoms. The highest BCUT2D eigenvalue weighted by Crippen LogP contribution is 2.31. The summed E-state index contributed by atoms with van der Waals surface area (Å²) in [5, 5.41) is 6.89. The van der Waals surface area contributed by atoms with E-state index in [2.05, 4.69) is 39.6 Å². The van der Waals surface area contributed by atoms with Crippen LogP contribution in [-0.4, -0.2) is 69.2 Å². The molecule has 0 aliphatic carbocycles. The molecule has 1 saturated heterocycles. The lowest BCUT2D eigenvalue weighted by atomic mass is 10.2. The number of piperazine rings is 1. The Morgan fingerprint density at radius 2 is 1.97 bits per heavy atom. The molecule has 1 amide bonds. The van der Waals surface area contributed by atoms with Gasteiger partial charge in [0, 0.05) is 45.8 Å². The molecule has 4 rings (SSSR count). The van der Waals surface area contributed by atoms with Crippen LogP contribution in [0.25, 0.3) is 0 Å². The number of para-hydroxylation sites is 2. The average Bonchev–Trinajstić information content (AvgIpc) is 3.32. The van der Waals surface area contributed by atoms with E-state index in [0.29, 0.717) is 13.1 Å². The number of hydrogen-bond acceptors (Lipinski definition) is 5. The van der Waals surface area contributed by atoms with Crippen LogP contribution in [0.1, 0.15) is 13.3 Å². The number of thiophene rings is 1. The Labute approximate surface area is 205 Å². The summed E-state index contributed by atoms with van der Waals surface area (Å²) < 4.78 is 5.52. The molecule has 9 heteroatoms. The van der Waals surface area contributed by atoms with E-state index in [1.165, 1.54) is 5.00 Å². The van der Waals surface area contributed by atoms with Crippen LogP contribution >= 0.6 is 35.3 Å². The van der Waals surface area contributed by atoms with Gasteiger partial charge in [-0.1, -0.05) is 12.1 Å². The number of carbonyl (C=O) groups is 1. The number of aliphatic imine (C=N–C) groups is 1. The van der Waals surface area contributed by atoms with Gasteiger partial charge in [0.2, 0.25) is 0 Å². The number of rotatable bonds is 6. The molecular formula is C22H30IN5O2S. The Bertz CT molecular complexity index is 869. The lowest BCUT2D eigenvalue weighted by Crippen LogP contribution is -2.52. The Hall–Kier alpha value is -2.01. The van der Waals surface area contributed by atoms with Gasteiger partial charge in [0.15, 0.2) is 12.6 Å². The third kappa shape index (κ3) is 5.82. The number of anilines is 2. The third-order valence-electron chi connectivity index (χ3n) is 5.34. The molecule has 1 aromatic heterocycles. The van der Waals surface area contributed by atoms with Crippen molar-refractivity contribution < 1.29 is 9.53 Å². The van der Waals surface area contributed by atoms with E-state index in [-0.39, 0.29) is 36.5 Å². The summed E-state index contributed by atoms with van der Waals surface area (Å²) in [6.45, 7) is 8.30. The molecule has 0 atom stereocenters. The number of ether oxygens (including phenoxy) is 1. The van der Waals surface area contributed by atoms with E-state index in [9.17, 15) is 4.79 Å². The van der Waals surface area contributed by atoms with Gasteiger partial charge in [-0.05, 0) is 43.0 Å². The molecule has 1 aromatic carbocycles. The standard InChI is InChI=1S/C22H29N5O2S.HI/c1-2-23-22(26-14-12-25(13-15-26)21-9-5-16-30-21)24-10-6-11-27-18-7-3-4-8-19(18)29-17-20(27)28;/h3-5,7-9,16H,2,6,10-15,17H2,1H3,(H,23,24);1H. The number of carbonyl (C=O) groups excluding carboxylic acids is 1. The second kappa shape index (κ2) is 11.6. The number of nitrogens with one attached hydrogen (secondary N) is 1. The highest BCUT2D eigenvalue weighted by Gasteiger charge is 2.24. The van der Waals surface area contributed by atoms with E-state index >= 15 is 0 Å². The zero-order chi connectivity index (χ0) is 20.8. The number of benzene rings is 1. The van der Waals surface area contributed by atoms with Crippen LogP contribution in [0.15, 0.2) is 46.8 Å². The van der Waals surface area contributed by atoms with E-state index in [0.717, 1.165) is 56.5 Å². The first-order valence-electron chi connectivity index (χ1n) is 10.6. The third-order valence-corrected chi connectivity index (χ3v) is 6.27. The molecule has 0 spiro atoms. The van der Waals surface area contributed by atoms with Crippen molar-refractivity contribution in [2.45, 2.75) is 13.3 Å². The van der Waals surface area contributed by atoms with Crippen molar-refractivity contribution >= 4 is 57.9 Å². The van der Waals surface area contributed by atoms with Crippen LogP contribution in [0.2, 0.25) is 0 Å². The van der Waals surface area contributed by atoms with Crippen LogP contribution < -0.4 is 19.9 Å². The average molecular weight is 555 g/mol. The van der Waals surface area contributed by atoms with Crippen LogP contribution in [0.4, 0.5) is 10.7 Å².